The van der Waals surface area contributed by atoms with Gasteiger partial charge in [-0.3, -0.25) is 0 Å². The normalized spacial score (nSPS) is 16.5. The van der Waals surface area contributed by atoms with Crippen molar-refractivity contribution in [2.24, 2.45) is 17.8 Å². The third kappa shape index (κ3) is 5.62. The first-order valence-corrected chi connectivity index (χ1v) is 5.35. The van der Waals surface area contributed by atoms with Crippen LogP contribution in [0.2, 0.25) is 0 Å². The Morgan fingerprint density at radius 1 is 1.00 bits per heavy atom. The van der Waals surface area contributed by atoms with Crippen LogP contribution in [0.1, 0.15) is 53.9 Å². The van der Waals surface area contributed by atoms with Crippen molar-refractivity contribution in [3.63, 3.8) is 0 Å². The van der Waals surface area contributed by atoms with Crippen molar-refractivity contribution in [2.45, 2.75) is 53.9 Å². The van der Waals surface area contributed by atoms with Crippen molar-refractivity contribution < 1.29 is 0 Å². The molecular formula is C12H25. The molecule has 0 spiro atoms. The highest BCUT2D eigenvalue weighted by Crippen LogP contribution is 2.20. The van der Waals surface area contributed by atoms with Crippen LogP contribution < -0.4 is 0 Å². The van der Waals surface area contributed by atoms with E-state index in [2.05, 4.69) is 41.0 Å². The minimum atomic E-state index is 0.850. The van der Waals surface area contributed by atoms with E-state index in [1.807, 2.05) is 0 Å². The van der Waals surface area contributed by atoms with Gasteiger partial charge in [-0.25, -0.2) is 0 Å². The largest absolute Gasteiger partial charge is 0.0625 e. The van der Waals surface area contributed by atoms with Gasteiger partial charge in [0, 0.05) is 0 Å². The van der Waals surface area contributed by atoms with E-state index in [1.54, 1.807) is 0 Å². The van der Waals surface area contributed by atoms with Crippen molar-refractivity contribution in [3.05, 3.63) is 6.42 Å². The molecule has 73 valence electrons. The predicted octanol–water partition coefficient (Wildman–Crippen LogP) is 4.31. The van der Waals surface area contributed by atoms with E-state index in [-0.39, 0.29) is 0 Å². The van der Waals surface area contributed by atoms with Gasteiger partial charge in [-0.05, 0) is 30.6 Å². The lowest BCUT2D eigenvalue weighted by molar-refractivity contribution is 0.349. The molecular weight excluding hydrogens is 144 g/mol. The molecule has 0 rings (SSSR count). The lowest BCUT2D eigenvalue weighted by Crippen LogP contribution is -2.06. The maximum absolute atomic E-state index is 2.37. The summed E-state index contributed by atoms with van der Waals surface area (Å²) in [5, 5.41) is 0. The Kier molecular flexibility index (Phi) is 6.51. The van der Waals surface area contributed by atoms with Crippen molar-refractivity contribution in [1.82, 2.24) is 0 Å². The molecule has 12 heavy (non-hydrogen) atoms. The van der Waals surface area contributed by atoms with Gasteiger partial charge in [0.2, 0.25) is 0 Å². The number of hydrogen-bond acceptors (Lipinski definition) is 0. The highest BCUT2D eigenvalue weighted by Gasteiger charge is 2.08. The Morgan fingerprint density at radius 2 is 1.58 bits per heavy atom. The van der Waals surface area contributed by atoms with Gasteiger partial charge in [-0.15, -0.1) is 0 Å². The summed E-state index contributed by atoms with van der Waals surface area (Å²) in [4.78, 5) is 0. The van der Waals surface area contributed by atoms with Gasteiger partial charge in [0.1, 0.15) is 0 Å². The molecule has 0 bridgehead atoms. The fourth-order valence-electron chi connectivity index (χ4n) is 1.40. The summed E-state index contributed by atoms with van der Waals surface area (Å²) in [5.41, 5.74) is 0. The lowest BCUT2D eigenvalue weighted by atomic mass is 9.89. The molecule has 0 heteroatoms. The van der Waals surface area contributed by atoms with Gasteiger partial charge >= 0.3 is 0 Å². The molecule has 0 fully saturated rings. The monoisotopic (exact) mass is 169 g/mol. The van der Waals surface area contributed by atoms with Crippen molar-refractivity contribution in [1.29, 1.82) is 0 Å². The van der Waals surface area contributed by atoms with Gasteiger partial charge in [-0.2, -0.15) is 0 Å². The van der Waals surface area contributed by atoms with Crippen LogP contribution in [-0.2, 0) is 0 Å². The Labute approximate surface area is 78.8 Å². The number of hydrogen-bond donors (Lipinski definition) is 0. The molecule has 2 unspecified atom stereocenters. The fraction of sp³-hybridized carbons (Fsp3) is 0.917. The smallest absolute Gasteiger partial charge is 0.0414 e. The van der Waals surface area contributed by atoms with Crippen molar-refractivity contribution in [2.75, 3.05) is 0 Å². The maximum atomic E-state index is 2.37. The minimum absolute atomic E-state index is 0.850. The molecule has 0 aromatic heterocycles. The highest BCUT2D eigenvalue weighted by molar-refractivity contribution is 4.65. The summed E-state index contributed by atoms with van der Waals surface area (Å²) in [5.74, 6) is 2.63. The zero-order chi connectivity index (χ0) is 9.56. The van der Waals surface area contributed by atoms with Gasteiger partial charge in [0.05, 0.1) is 0 Å². The first-order valence-electron chi connectivity index (χ1n) is 5.35. The first-order chi connectivity index (χ1) is 5.57. The van der Waals surface area contributed by atoms with Crippen LogP contribution >= 0.6 is 0 Å². The standard InChI is InChI=1S/C12H25/c1-6-7-11(4)8-9-12(5)10(2)3/h6,10-12H,7-9H2,1-5H3. The lowest BCUT2D eigenvalue weighted by Gasteiger charge is -2.17. The Bertz CT molecular complexity index is 94.2. The quantitative estimate of drug-likeness (QED) is 0.556. The second kappa shape index (κ2) is 6.51. The Balaban J connectivity index is 3.40. The average Bonchev–Trinajstić information content (AvgIpc) is 2.00. The summed E-state index contributed by atoms with van der Waals surface area (Å²) in [6.07, 6.45) is 6.35. The number of rotatable bonds is 6. The molecule has 0 N–H and O–H groups in total. The second-order valence-corrected chi connectivity index (χ2v) is 4.55. The summed E-state index contributed by atoms with van der Waals surface area (Å²) in [6, 6.07) is 0. The van der Waals surface area contributed by atoms with Crippen LogP contribution in [0, 0.1) is 24.2 Å². The third-order valence-electron chi connectivity index (χ3n) is 2.89. The zero-order valence-corrected chi connectivity index (χ0v) is 9.43. The molecule has 0 aliphatic carbocycles. The summed E-state index contributed by atoms with van der Waals surface area (Å²) < 4.78 is 0. The zero-order valence-electron chi connectivity index (χ0n) is 9.43. The van der Waals surface area contributed by atoms with E-state index < -0.39 is 0 Å². The van der Waals surface area contributed by atoms with Gasteiger partial charge in [0.25, 0.3) is 0 Å². The van der Waals surface area contributed by atoms with E-state index in [0.717, 1.165) is 17.8 Å². The molecule has 0 amide bonds. The minimum Gasteiger partial charge on any atom is -0.0625 e. The van der Waals surface area contributed by atoms with Gasteiger partial charge in [-0.1, -0.05) is 47.5 Å². The van der Waals surface area contributed by atoms with Crippen LogP contribution in [0.25, 0.3) is 0 Å². The first kappa shape index (κ1) is 12.0. The van der Waals surface area contributed by atoms with Crippen molar-refractivity contribution in [3.8, 4) is 0 Å². The van der Waals surface area contributed by atoms with Crippen LogP contribution in [-0.4, -0.2) is 0 Å². The summed E-state index contributed by atoms with van der Waals surface area (Å²) >= 11 is 0. The van der Waals surface area contributed by atoms with Crippen LogP contribution in [0.15, 0.2) is 0 Å². The molecule has 0 saturated heterocycles. The molecule has 2 atom stereocenters. The Hall–Kier alpha value is 0. The molecule has 1 radical (unpaired) electrons. The SMILES string of the molecule is C[CH]CC(C)CCC(C)C(C)C. The van der Waals surface area contributed by atoms with Crippen molar-refractivity contribution >= 4 is 0 Å². The molecule has 0 heterocycles. The van der Waals surface area contributed by atoms with E-state index in [4.69, 9.17) is 0 Å². The van der Waals surface area contributed by atoms with Crippen LogP contribution in [0.4, 0.5) is 0 Å². The molecule has 0 aliphatic heterocycles. The van der Waals surface area contributed by atoms with E-state index in [1.165, 1.54) is 19.3 Å². The summed E-state index contributed by atoms with van der Waals surface area (Å²) in [7, 11) is 0. The third-order valence-corrected chi connectivity index (χ3v) is 2.89. The van der Waals surface area contributed by atoms with E-state index in [0.29, 0.717) is 0 Å². The van der Waals surface area contributed by atoms with E-state index in [9.17, 15) is 0 Å². The molecule has 0 saturated carbocycles. The molecule has 0 nitrogen and oxygen atoms in total. The van der Waals surface area contributed by atoms with Crippen LogP contribution in [0.3, 0.4) is 0 Å². The highest BCUT2D eigenvalue weighted by atomic mass is 14.1. The topological polar surface area (TPSA) is 0 Å². The fourth-order valence-corrected chi connectivity index (χ4v) is 1.40. The maximum Gasteiger partial charge on any atom is -0.0414 e. The predicted molar refractivity (Wildman–Crippen MR) is 57.0 cm³/mol. The molecule has 0 aromatic carbocycles. The molecule has 0 aromatic rings. The van der Waals surface area contributed by atoms with E-state index >= 15 is 0 Å². The van der Waals surface area contributed by atoms with Gasteiger partial charge < -0.3 is 0 Å². The average molecular weight is 169 g/mol. The van der Waals surface area contributed by atoms with Crippen LogP contribution in [0.5, 0.6) is 0 Å². The Morgan fingerprint density at radius 3 is 2.00 bits per heavy atom. The molecule has 0 aliphatic rings. The van der Waals surface area contributed by atoms with Gasteiger partial charge in [0.15, 0.2) is 0 Å². The second-order valence-electron chi connectivity index (χ2n) is 4.55. The summed E-state index contributed by atoms with van der Waals surface area (Å²) in [6.45, 7) is 11.5.